The van der Waals surface area contributed by atoms with Crippen LogP contribution in [0, 0.1) is 6.92 Å². The molecular weight excluding hydrogens is 200 g/mol. The average molecular weight is 216 g/mol. The van der Waals surface area contributed by atoms with Crippen molar-refractivity contribution in [2.45, 2.75) is 26.7 Å². The third-order valence-electron chi connectivity index (χ3n) is 2.73. The lowest BCUT2D eigenvalue weighted by atomic mass is 9.96. The van der Waals surface area contributed by atoms with Crippen LogP contribution in [0.1, 0.15) is 30.9 Å². The van der Waals surface area contributed by atoms with Gasteiger partial charge in [-0.3, -0.25) is 0 Å². The highest BCUT2D eigenvalue weighted by molar-refractivity contribution is 5.66. The van der Waals surface area contributed by atoms with Gasteiger partial charge in [-0.2, -0.15) is 0 Å². The zero-order valence-corrected chi connectivity index (χ0v) is 9.82. The molecule has 1 heterocycles. The molecule has 0 radical (unpaired) electrons. The highest BCUT2D eigenvalue weighted by Gasteiger charge is 2.09. The second-order valence-corrected chi connectivity index (χ2v) is 4.34. The number of hydrogen-bond donors (Lipinski definition) is 1. The van der Waals surface area contributed by atoms with Crippen molar-refractivity contribution >= 4 is 5.88 Å². The van der Waals surface area contributed by atoms with Crippen molar-refractivity contribution in [2.24, 2.45) is 0 Å². The molecule has 0 amide bonds. The number of nitrogens with two attached hydrogens (primary N) is 1. The summed E-state index contributed by atoms with van der Waals surface area (Å²) in [5.41, 5.74) is 9.90. The van der Waals surface area contributed by atoms with Crippen molar-refractivity contribution in [3.63, 3.8) is 0 Å². The maximum atomic E-state index is 5.53. The van der Waals surface area contributed by atoms with E-state index in [0.29, 0.717) is 11.8 Å². The Morgan fingerprint density at radius 3 is 2.56 bits per heavy atom. The smallest absolute Gasteiger partial charge is 0.222 e. The lowest BCUT2D eigenvalue weighted by Gasteiger charge is -2.09. The number of aryl methyl sites for hydroxylation is 1. The molecule has 0 fully saturated rings. The zero-order chi connectivity index (χ0) is 11.7. The van der Waals surface area contributed by atoms with E-state index in [0.717, 1.165) is 11.3 Å². The van der Waals surface area contributed by atoms with E-state index < -0.39 is 0 Å². The van der Waals surface area contributed by atoms with Gasteiger partial charge >= 0.3 is 0 Å². The largest absolute Gasteiger partial charge is 0.368 e. The molecule has 1 aromatic carbocycles. The molecule has 3 heteroatoms. The van der Waals surface area contributed by atoms with E-state index in [1.807, 2.05) is 0 Å². The minimum Gasteiger partial charge on any atom is -0.368 e. The van der Waals surface area contributed by atoms with Gasteiger partial charge in [-0.1, -0.05) is 31.1 Å². The first-order chi connectivity index (χ1) is 7.58. The summed E-state index contributed by atoms with van der Waals surface area (Å²) in [7, 11) is 0. The molecule has 0 aliphatic rings. The lowest BCUT2D eigenvalue weighted by molar-refractivity contribution is 0.439. The Hall–Kier alpha value is -1.77. The van der Waals surface area contributed by atoms with E-state index in [1.165, 1.54) is 11.1 Å². The van der Waals surface area contributed by atoms with Crippen LogP contribution in [-0.2, 0) is 0 Å². The fourth-order valence-corrected chi connectivity index (χ4v) is 1.69. The van der Waals surface area contributed by atoms with E-state index in [-0.39, 0.29) is 0 Å². The highest BCUT2D eigenvalue weighted by Crippen LogP contribution is 2.27. The van der Waals surface area contributed by atoms with Crippen LogP contribution in [0.25, 0.3) is 11.3 Å². The minimum atomic E-state index is 0.351. The zero-order valence-electron chi connectivity index (χ0n) is 9.82. The Morgan fingerprint density at radius 1 is 1.25 bits per heavy atom. The first-order valence-corrected chi connectivity index (χ1v) is 5.41. The molecule has 2 rings (SSSR count). The maximum absolute atomic E-state index is 5.53. The number of nitrogen functional groups attached to an aromatic ring is 1. The number of hydrogen-bond acceptors (Lipinski definition) is 3. The molecule has 0 saturated carbocycles. The fraction of sp³-hybridized carbons (Fsp3) is 0.308. The van der Waals surface area contributed by atoms with Gasteiger partial charge in [0.2, 0.25) is 5.88 Å². The summed E-state index contributed by atoms with van der Waals surface area (Å²) in [5, 5.41) is 3.95. The molecule has 3 nitrogen and oxygen atoms in total. The summed E-state index contributed by atoms with van der Waals surface area (Å²) < 4.78 is 4.90. The standard InChI is InChI=1S/C13H16N2O/c1-8(2)10-5-4-9(3)11(6-10)12-7-13(14)16-15-12/h4-8H,14H2,1-3H3. The van der Waals surface area contributed by atoms with Gasteiger partial charge in [-0.15, -0.1) is 0 Å². The third-order valence-corrected chi connectivity index (χ3v) is 2.73. The molecule has 16 heavy (non-hydrogen) atoms. The van der Waals surface area contributed by atoms with Crippen LogP contribution < -0.4 is 5.73 Å². The molecule has 0 aliphatic carbocycles. The summed E-state index contributed by atoms with van der Waals surface area (Å²) >= 11 is 0. The summed E-state index contributed by atoms with van der Waals surface area (Å²) in [6.07, 6.45) is 0. The quantitative estimate of drug-likeness (QED) is 0.837. The molecule has 0 bridgehead atoms. The maximum Gasteiger partial charge on any atom is 0.222 e. The Bertz CT molecular complexity index is 500. The van der Waals surface area contributed by atoms with Crippen LogP contribution in [0.5, 0.6) is 0 Å². The minimum absolute atomic E-state index is 0.351. The molecule has 0 spiro atoms. The highest BCUT2D eigenvalue weighted by atomic mass is 16.5. The Balaban J connectivity index is 2.51. The first-order valence-electron chi connectivity index (χ1n) is 5.41. The number of anilines is 1. The topological polar surface area (TPSA) is 52.0 Å². The van der Waals surface area contributed by atoms with Crippen molar-refractivity contribution < 1.29 is 4.52 Å². The predicted molar refractivity (Wildman–Crippen MR) is 65.2 cm³/mol. The van der Waals surface area contributed by atoms with Crippen molar-refractivity contribution in [2.75, 3.05) is 5.73 Å². The Kier molecular flexibility index (Phi) is 2.69. The average Bonchev–Trinajstić information content (AvgIpc) is 2.65. The fourth-order valence-electron chi connectivity index (χ4n) is 1.69. The Morgan fingerprint density at radius 2 is 2.00 bits per heavy atom. The van der Waals surface area contributed by atoms with Crippen LogP contribution in [0.3, 0.4) is 0 Å². The van der Waals surface area contributed by atoms with Gasteiger partial charge in [-0.05, 0) is 30.0 Å². The molecule has 0 saturated heterocycles. The van der Waals surface area contributed by atoms with Crippen LogP contribution in [0.4, 0.5) is 5.88 Å². The van der Waals surface area contributed by atoms with Crippen LogP contribution in [0.2, 0.25) is 0 Å². The number of benzene rings is 1. The van der Waals surface area contributed by atoms with E-state index >= 15 is 0 Å². The van der Waals surface area contributed by atoms with Crippen LogP contribution in [0.15, 0.2) is 28.8 Å². The van der Waals surface area contributed by atoms with Gasteiger partial charge in [0.1, 0.15) is 5.69 Å². The molecular formula is C13H16N2O. The Labute approximate surface area is 95.3 Å². The molecule has 2 N–H and O–H groups in total. The normalized spacial score (nSPS) is 11.0. The van der Waals surface area contributed by atoms with Gasteiger partial charge in [0, 0.05) is 11.6 Å². The number of rotatable bonds is 2. The summed E-state index contributed by atoms with van der Waals surface area (Å²) in [6.45, 7) is 6.40. The summed E-state index contributed by atoms with van der Waals surface area (Å²) in [6, 6.07) is 8.16. The summed E-state index contributed by atoms with van der Waals surface area (Å²) in [5.74, 6) is 0.855. The van der Waals surface area contributed by atoms with Crippen molar-refractivity contribution in [3.05, 3.63) is 35.4 Å². The van der Waals surface area contributed by atoms with E-state index in [4.69, 9.17) is 10.3 Å². The molecule has 0 aliphatic heterocycles. The number of aromatic nitrogens is 1. The van der Waals surface area contributed by atoms with E-state index in [2.05, 4.69) is 44.1 Å². The third kappa shape index (κ3) is 1.94. The molecule has 84 valence electrons. The summed E-state index contributed by atoms with van der Waals surface area (Å²) in [4.78, 5) is 0. The van der Waals surface area contributed by atoms with Gasteiger partial charge in [0.15, 0.2) is 0 Å². The molecule has 2 aromatic rings. The van der Waals surface area contributed by atoms with Crippen molar-refractivity contribution in [3.8, 4) is 11.3 Å². The van der Waals surface area contributed by atoms with Crippen LogP contribution >= 0.6 is 0 Å². The second kappa shape index (κ2) is 4.00. The van der Waals surface area contributed by atoms with Crippen molar-refractivity contribution in [1.29, 1.82) is 0 Å². The van der Waals surface area contributed by atoms with Gasteiger partial charge in [0.25, 0.3) is 0 Å². The molecule has 1 aromatic heterocycles. The van der Waals surface area contributed by atoms with E-state index in [1.54, 1.807) is 6.07 Å². The van der Waals surface area contributed by atoms with Crippen molar-refractivity contribution in [1.82, 2.24) is 5.16 Å². The monoisotopic (exact) mass is 216 g/mol. The predicted octanol–water partition coefficient (Wildman–Crippen LogP) is 3.36. The van der Waals surface area contributed by atoms with E-state index in [9.17, 15) is 0 Å². The first kappa shape index (κ1) is 10.7. The van der Waals surface area contributed by atoms with Gasteiger partial charge in [-0.25, -0.2) is 0 Å². The number of nitrogens with zero attached hydrogens (tertiary/aromatic N) is 1. The lowest BCUT2D eigenvalue weighted by Crippen LogP contribution is -1.90. The molecule has 0 unspecified atom stereocenters. The molecule has 0 atom stereocenters. The second-order valence-electron chi connectivity index (χ2n) is 4.34. The van der Waals surface area contributed by atoms with Gasteiger partial charge in [0.05, 0.1) is 0 Å². The van der Waals surface area contributed by atoms with Gasteiger partial charge < -0.3 is 10.3 Å². The SMILES string of the molecule is Cc1ccc(C(C)C)cc1-c1cc(N)on1. The van der Waals surface area contributed by atoms with Crippen LogP contribution in [-0.4, -0.2) is 5.16 Å².